The maximum absolute atomic E-state index is 12.0. The second kappa shape index (κ2) is 7.59. The fraction of sp³-hybridized carbons (Fsp3) is 0.857. The number of rotatable bonds is 4. The molecule has 114 valence electrons. The molecule has 2 rings (SSSR count). The average molecular weight is 282 g/mol. The van der Waals surface area contributed by atoms with Crippen molar-refractivity contribution < 1.29 is 9.59 Å². The quantitative estimate of drug-likeness (QED) is 0.645. The highest BCUT2D eigenvalue weighted by Gasteiger charge is 2.31. The first-order valence-electron chi connectivity index (χ1n) is 7.69. The molecule has 0 aromatic heterocycles. The van der Waals surface area contributed by atoms with Crippen LogP contribution in [0.25, 0.3) is 0 Å². The van der Waals surface area contributed by atoms with Gasteiger partial charge in [-0.25, -0.2) is 0 Å². The van der Waals surface area contributed by atoms with Gasteiger partial charge < -0.3 is 16.4 Å². The molecule has 2 atom stereocenters. The summed E-state index contributed by atoms with van der Waals surface area (Å²) >= 11 is 0. The molecular weight excluding hydrogens is 256 g/mol. The van der Waals surface area contributed by atoms with Crippen molar-refractivity contribution in [1.82, 2.24) is 15.5 Å². The minimum atomic E-state index is 0.0432. The summed E-state index contributed by atoms with van der Waals surface area (Å²) < 4.78 is 0. The largest absolute Gasteiger partial charge is 0.356 e. The second-order valence-electron chi connectivity index (χ2n) is 5.76. The zero-order valence-corrected chi connectivity index (χ0v) is 12.1. The van der Waals surface area contributed by atoms with Crippen molar-refractivity contribution in [1.29, 1.82) is 0 Å². The van der Waals surface area contributed by atoms with Crippen molar-refractivity contribution in [3.63, 3.8) is 0 Å². The Bertz CT molecular complexity index is 348. The molecule has 2 heterocycles. The Kier molecular flexibility index (Phi) is 5.79. The van der Waals surface area contributed by atoms with E-state index in [0.717, 1.165) is 45.3 Å². The molecule has 0 aromatic carbocycles. The highest BCUT2D eigenvalue weighted by atomic mass is 16.2. The first-order valence-corrected chi connectivity index (χ1v) is 7.69. The number of hydrogen-bond donors (Lipinski definition) is 3. The number of hydrogen-bond acceptors (Lipinski definition) is 4. The third kappa shape index (κ3) is 4.18. The molecule has 2 amide bonds. The van der Waals surface area contributed by atoms with Crippen LogP contribution in [0, 0.1) is 5.92 Å². The average Bonchev–Trinajstić information content (AvgIpc) is 2.69. The third-order valence-corrected chi connectivity index (χ3v) is 4.24. The monoisotopic (exact) mass is 282 g/mol. The summed E-state index contributed by atoms with van der Waals surface area (Å²) in [6, 6.07) is 0.294. The minimum absolute atomic E-state index is 0.0432. The van der Waals surface area contributed by atoms with E-state index in [1.165, 1.54) is 0 Å². The lowest BCUT2D eigenvalue weighted by Crippen LogP contribution is -2.48. The first kappa shape index (κ1) is 15.3. The lowest BCUT2D eigenvalue weighted by molar-refractivity contribution is -0.127. The Morgan fingerprint density at radius 3 is 3.05 bits per heavy atom. The molecule has 0 radical (unpaired) electrons. The highest BCUT2D eigenvalue weighted by molar-refractivity contribution is 5.79. The maximum Gasteiger partial charge on any atom is 0.224 e. The van der Waals surface area contributed by atoms with Gasteiger partial charge in [0, 0.05) is 38.6 Å². The number of piperidine rings is 1. The SMILES string of the molecule is NCCNC(=O)C1CCCN(C2CCCNC(=O)C2)C1. The summed E-state index contributed by atoms with van der Waals surface area (Å²) in [5.74, 6) is 0.294. The van der Waals surface area contributed by atoms with Crippen LogP contribution in [0.3, 0.4) is 0 Å². The van der Waals surface area contributed by atoms with Gasteiger partial charge in [0.25, 0.3) is 0 Å². The molecule has 2 unspecified atom stereocenters. The summed E-state index contributed by atoms with van der Waals surface area (Å²) in [5, 5.41) is 5.79. The molecule has 20 heavy (non-hydrogen) atoms. The fourth-order valence-electron chi connectivity index (χ4n) is 3.16. The van der Waals surface area contributed by atoms with E-state index in [4.69, 9.17) is 5.73 Å². The van der Waals surface area contributed by atoms with Gasteiger partial charge in [-0.3, -0.25) is 14.5 Å². The summed E-state index contributed by atoms with van der Waals surface area (Å²) in [6.45, 7) is 3.57. The third-order valence-electron chi connectivity index (χ3n) is 4.24. The second-order valence-corrected chi connectivity index (χ2v) is 5.76. The van der Waals surface area contributed by atoms with Gasteiger partial charge in [-0.15, -0.1) is 0 Å². The molecular formula is C14H26N4O2. The van der Waals surface area contributed by atoms with Gasteiger partial charge in [0.15, 0.2) is 0 Å². The molecule has 2 fully saturated rings. The smallest absolute Gasteiger partial charge is 0.224 e. The van der Waals surface area contributed by atoms with Gasteiger partial charge in [0.05, 0.1) is 5.92 Å². The van der Waals surface area contributed by atoms with Gasteiger partial charge in [-0.2, -0.15) is 0 Å². The highest BCUT2D eigenvalue weighted by Crippen LogP contribution is 2.23. The number of carbonyl (C=O) groups excluding carboxylic acids is 2. The van der Waals surface area contributed by atoms with Crippen LogP contribution in [0.1, 0.15) is 32.1 Å². The van der Waals surface area contributed by atoms with Crippen LogP contribution < -0.4 is 16.4 Å². The summed E-state index contributed by atoms with van der Waals surface area (Å²) in [7, 11) is 0. The molecule has 2 saturated heterocycles. The fourth-order valence-corrected chi connectivity index (χ4v) is 3.16. The molecule has 6 nitrogen and oxygen atoms in total. The Balaban J connectivity index is 1.88. The number of carbonyl (C=O) groups is 2. The van der Waals surface area contributed by atoms with Crippen LogP contribution in [0.5, 0.6) is 0 Å². The van der Waals surface area contributed by atoms with Crippen LogP contribution in [-0.4, -0.2) is 55.5 Å². The predicted molar refractivity (Wildman–Crippen MR) is 77.0 cm³/mol. The van der Waals surface area contributed by atoms with Crippen LogP contribution in [0.2, 0.25) is 0 Å². The van der Waals surface area contributed by atoms with Crippen molar-refractivity contribution in [3.05, 3.63) is 0 Å². The van der Waals surface area contributed by atoms with Crippen LogP contribution >= 0.6 is 0 Å². The van der Waals surface area contributed by atoms with Gasteiger partial charge in [0.1, 0.15) is 0 Å². The molecule has 2 aliphatic rings. The Labute approximate surface area is 120 Å². The van der Waals surface area contributed by atoms with E-state index in [1.54, 1.807) is 0 Å². The number of nitrogens with two attached hydrogens (primary N) is 1. The zero-order chi connectivity index (χ0) is 14.4. The normalized spacial score (nSPS) is 28.6. The van der Waals surface area contributed by atoms with Crippen LogP contribution in [0.15, 0.2) is 0 Å². The van der Waals surface area contributed by atoms with Crippen molar-refractivity contribution in [2.75, 3.05) is 32.7 Å². The molecule has 6 heteroatoms. The van der Waals surface area contributed by atoms with Crippen molar-refractivity contribution >= 4 is 11.8 Å². The van der Waals surface area contributed by atoms with Crippen molar-refractivity contribution in [3.8, 4) is 0 Å². The molecule has 0 spiro atoms. The van der Waals surface area contributed by atoms with Crippen molar-refractivity contribution in [2.24, 2.45) is 11.7 Å². The van der Waals surface area contributed by atoms with Crippen LogP contribution in [-0.2, 0) is 9.59 Å². The molecule has 0 aliphatic carbocycles. The molecule has 0 bridgehead atoms. The summed E-state index contributed by atoms with van der Waals surface area (Å²) in [4.78, 5) is 26.0. The minimum Gasteiger partial charge on any atom is -0.356 e. The molecule has 2 aliphatic heterocycles. The van der Waals surface area contributed by atoms with Gasteiger partial charge in [0.2, 0.25) is 11.8 Å². The van der Waals surface area contributed by atoms with E-state index in [2.05, 4.69) is 15.5 Å². The Morgan fingerprint density at radius 2 is 2.25 bits per heavy atom. The van der Waals surface area contributed by atoms with Gasteiger partial charge in [-0.1, -0.05) is 0 Å². The van der Waals surface area contributed by atoms with E-state index in [-0.39, 0.29) is 17.7 Å². The van der Waals surface area contributed by atoms with Gasteiger partial charge in [-0.05, 0) is 32.2 Å². The molecule has 0 aromatic rings. The van der Waals surface area contributed by atoms with E-state index >= 15 is 0 Å². The molecule has 4 N–H and O–H groups in total. The van der Waals surface area contributed by atoms with E-state index in [1.807, 2.05) is 0 Å². The van der Waals surface area contributed by atoms with E-state index in [9.17, 15) is 9.59 Å². The number of likely N-dealkylation sites (tertiary alicyclic amines) is 1. The summed E-state index contributed by atoms with van der Waals surface area (Å²) in [6.07, 6.45) is 4.59. The van der Waals surface area contributed by atoms with E-state index in [0.29, 0.717) is 25.6 Å². The van der Waals surface area contributed by atoms with Gasteiger partial charge >= 0.3 is 0 Å². The lowest BCUT2D eigenvalue weighted by atomic mass is 9.94. The topological polar surface area (TPSA) is 87.5 Å². The number of amides is 2. The first-order chi connectivity index (χ1) is 9.70. The predicted octanol–water partition coefficient (Wildman–Crippen LogP) is -0.558. The Hall–Kier alpha value is -1.14. The lowest BCUT2D eigenvalue weighted by Gasteiger charge is -2.37. The molecule has 0 saturated carbocycles. The van der Waals surface area contributed by atoms with Crippen LogP contribution in [0.4, 0.5) is 0 Å². The van der Waals surface area contributed by atoms with Crippen molar-refractivity contribution in [2.45, 2.75) is 38.1 Å². The number of nitrogens with zero attached hydrogens (tertiary/aromatic N) is 1. The maximum atomic E-state index is 12.0. The van der Waals surface area contributed by atoms with E-state index < -0.39 is 0 Å². The standard InChI is InChI=1S/C14H26N4O2/c15-5-7-17-14(20)11-3-2-8-18(10-11)12-4-1-6-16-13(19)9-12/h11-12H,1-10,15H2,(H,16,19)(H,17,20). The Morgan fingerprint density at radius 1 is 1.40 bits per heavy atom. The number of nitrogens with one attached hydrogen (secondary N) is 2. The zero-order valence-electron chi connectivity index (χ0n) is 12.1. The summed E-state index contributed by atoms with van der Waals surface area (Å²) in [5.41, 5.74) is 5.41.